The lowest BCUT2D eigenvalue weighted by Gasteiger charge is -2.32. The standard InChI is InChI=1S/C23H40O/c1-3-5-7-8-20-9-11-21(12-10-20)13-14-22-15-17-23(18-16-22)24-19-6-4-2/h3-4,20-23H,1-2,5-19H2. The van der Waals surface area contributed by atoms with Crippen molar-refractivity contribution < 1.29 is 4.74 Å². The zero-order valence-corrected chi connectivity index (χ0v) is 15.9. The minimum atomic E-state index is 0.534. The molecule has 2 rings (SSSR count). The molecule has 0 amide bonds. The molecular formula is C23H40O. The molecule has 0 saturated heterocycles. The summed E-state index contributed by atoms with van der Waals surface area (Å²) in [4.78, 5) is 0. The van der Waals surface area contributed by atoms with Crippen LogP contribution in [-0.4, -0.2) is 12.7 Å². The Hall–Kier alpha value is -0.560. The van der Waals surface area contributed by atoms with Crippen molar-refractivity contribution in [2.45, 2.75) is 96.0 Å². The molecule has 0 bridgehead atoms. The van der Waals surface area contributed by atoms with Crippen molar-refractivity contribution in [3.63, 3.8) is 0 Å². The first-order valence-corrected chi connectivity index (χ1v) is 10.6. The second-order valence-corrected chi connectivity index (χ2v) is 8.27. The first-order valence-electron chi connectivity index (χ1n) is 10.6. The van der Waals surface area contributed by atoms with E-state index in [9.17, 15) is 0 Å². The maximum Gasteiger partial charge on any atom is 0.0575 e. The van der Waals surface area contributed by atoms with Crippen molar-refractivity contribution >= 4 is 0 Å². The molecule has 0 N–H and O–H groups in total. The van der Waals surface area contributed by atoms with Gasteiger partial charge < -0.3 is 4.74 Å². The molecule has 0 aromatic carbocycles. The molecule has 2 aliphatic rings. The van der Waals surface area contributed by atoms with Gasteiger partial charge in [-0.3, -0.25) is 0 Å². The minimum absolute atomic E-state index is 0.534. The predicted octanol–water partition coefficient (Wildman–Crippen LogP) is 7.08. The summed E-state index contributed by atoms with van der Waals surface area (Å²) >= 11 is 0. The van der Waals surface area contributed by atoms with Crippen LogP contribution < -0.4 is 0 Å². The Labute approximate surface area is 150 Å². The molecule has 0 spiro atoms. The summed E-state index contributed by atoms with van der Waals surface area (Å²) in [6, 6.07) is 0. The fourth-order valence-corrected chi connectivity index (χ4v) is 4.74. The van der Waals surface area contributed by atoms with Crippen molar-refractivity contribution in [3.8, 4) is 0 Å². The fraction of sp³-hybridized carbons (Fsp3) is 0.826. The summed E-state index contributed by atoms with van der Waals surface area (Å²) in [5.41, 5.74) is 0. The molecule has 2 fully saturated rings. The highest BCUT2D eigenvalue weighted by atomic mass is 16.5. The molecule has 24 heavy (non-hydrogen) atoms. The lowest BCUT2D eigenvalue weighted by molar-refractivity contribution is 0.0189. The van der Waals surface area contributed by atoms with Crippen LogP contribution in [0.2, 0.25) is 0 Å². The second-order valence-electron chi connectivity index (χ2n) is 8.27. The van der Waals surface area contributed by atoms with Gasteiger partial charge in [0, 0.05) is 0 Å². The molecule has 0 aromatic heterocycles. The summed E-state index contributed by atoms with van der Waals surface area (Å²) in [6.07, 6.45) is 23.9. The Bertz CT molecular complexity index is 298. The highest BCUT2D eigenvalue weighted by Gasteiger charge is 2.24. The van der Waals surface area contributed by atoms with Gasteiger partial charge in [0.1, 0.15) is 0 Å². The Morgan fingerprint density at radius 2 is 1.17 bits per heavy atom. The maximum absolute atomic E-state index is 5.94. The maximum atomic E-state index is 5.94. The van der Waals surface area contributed by atoms with Crippen LogP contribution in [0, 0.1) is 17.8 Å². The molecule has 2 aliphatic carbocycles. The van der Waals surface area contributed by atoms with E-state index < -0.39 is 0 Å². The minimum Gasteiger partial charge on any atom is -0.378 e. The molecule has 1 nitrogen and oxygen atoms in total. The number of unbranched alkanes of at least 4 members (excludes halogenated alkanes) is 1. The molecule has 0 radical (unpaired) electrons. The number of ether oxygens (including phenoxy) is 1. The summed E-state index contributed by atoms with van der Waals surface area (Å²) in [5.74, 6) is 3.03. The van der Waals surface area contributed by atoms with Crippen molar-refractivity contribution in [3.05, 3.63) is 25.3 Å². The van der Waals surface area contributed by atoms with E-state index in [2.05, 4.69) is 19.2 Å². The van der Waals surface area contributed by atoms with Crippen LogP contribution in [-0.2, 0) is 4.74 Å². The highest BCUT2D eigenvalue weighted by Crippen LogP contribution is 2.37. The van der Waals surface area contributed by atoms with Gasteiger partial charge in [0.15, 0.2) is 0 Å². The first-order chi connectivity index (χ1) is 11.8. The van der Waals surface area contributed by atoms with E-state index in [1.807, 2.05) is 6.08 Å². The normalized spacial score (nSPS) is 30.8. The van der Waals surface area contributed by atoms with Crippen LogP contribution in [0.5, 0.6) is 0 Å². The third kappa shape index (κ3) is 7.55. The molecular weight excluding hydrogens is 292 g/mol. The molecule has 0 heterocycles. The average molecular weight is 333 g/mol. The molecule has 0 aliphatic heterocycles. The zero-order valence-electron chi connectivity index (χ0n) is 15.9. The van der Waals surface area contributed by atoms with Crippen LogP contribution in [0.3, 0.4) is 0 Å². The highest BCUT2D eigenvalue weighted by molar-refractivity contribution is 4.78. The van der Waals surface area contributed by atoms with Crippen LogP contribution >= 0.6 is 0 Å². The van der Waals surface area contributed by atoms with Gasteiger partial charge in [-0.05, 0) is 62.7 Å². The fourth-order valence-electron chi connectivity index (χ4n) is 4.74. The quantitative estimate of drug-likeness (QED) is 0.290. The largest absolute Gasteiger partial charge is 0.378 e. The van der Waals surface area contributed by atoms with E-state index in [4.69, 9.17) is 4.74 Å². The molecule has 0 unspecified atom stereocenters. The summed E-state index contributed by atoms with van der Waals surface area (Å²) in [6.45, 7) is 8.47. The van der Waals surface area contributed by atoms with Gasteiger partial charge in [-0.25, -0.2) is 0 Å². The van der Waals surface area contributed by atoms with Gasteiger partial charge in [0.05, 0.1) is 12.7 Å². The number of hydrogen-bond acceptors (Lipinski definition) is 1. The zero-order chi connectivity index (χ0) is 17.0. The number of hydrogen-bond donors (Lipinski definition) is 0. The molecule has 138 valence electrons. The van der Waals surface area contributed by atoms with Gasteiger partial charge in [-0.2, -0.15) is 0 Å². The van der Waals surface area contributed by atoms with E-state index in [1.165, 1.54) is 83.5 Å². The van der Waals surface area contributed by atoms with E-state index in [0.717, 1.165) is 30.8 Å². The first kappa shape index (κ1) is 19.8. The molecule has 0 atom stereocenters. The van der Waals surface area contributed by atoms with Gasteiger partial charge in [0.2, 0.25) is 0 Å². The Morgan fingerprint density at radius 1 is 0.667 bits per heavy atom. The van der Waals surface area contributed by atoms with E-state index >= 15 is 0 Å². The molecule has 2 saturated carbocycles. The summed E-state index contributed by atoms with van der Waals surface area (Å²) in [7, 11) is 0. The Kier molecular flexibility index (Phi) is 9.80. The van der Waals surface area contributed by atoms with Gasteiger partial charge >= 0.3 is 0 Å². The van der Waals surface area contributed by atoms with Crippen LogP contribution in [0.4, 0.5) is 0 Å². The monoisotopic (exact) mass is 332 g/mol. The SMILES string of the molecule is C=CCCCC1CCC(CCC2CCC(OCCC=C)CC2)CC1. The molecule has 1 heteroatoms. The third-order valence-corrected chi connectivity index (χ3v) is 6.44. The van der Waals surface area contributed by atoms with E-state index in [0.29, 0.717) is 6.10 Å². The lowest BCUT2D eigenvalue weighted by atomic mass is 9.76. The lowest BCUT2D eigenvalue weighted by Crippen LogP contribution is -2.23. The summed E-state index contributed by atoms with van der Waals surface area (Å²) < 4.78 is 5.94. The van der Waals surface area contributed by atoms with Crippen molar-refractivity contribution in [1.29, 1.82) is 0 Å². The average Bonchev–Trinajstić information content (AvgIpc) is 2.63. The van der Waals surface area contributed by atoms with Crippen molar-refractivity contribution in [2.24, 2.45) is 17.8 Å². The van der Waals surface area contributed by atoms with Crippen LogP contribution in [0.25, 0.3) is 0 Å². The third-order valence-electron chi connectivity index (χ3n) is 6.44. The predicted molar refractivity (Wildman–Crippen MR) is 105 cm³/mol. The van der Waals surface area contributed by atoms with Crippen molar-refractivity contribution in [1.82, 2.24) is 0 Å². The van der Waals surface area contributed by atoms with E-state index in [-0.39, 0.29) is 0 Å². The second kappa shape index (κ2) is 11.9. The Morgan fingerprint density at radius 3 is 1.71 bits per heavy atom. The topological polar surface area (TPSA) is 9.23 Å². The van der Waals surface area contributed by atoms with E-state index in [1.54, 1.807) is 0 Å². The van der Waals surface area contributed by atoms with Gasteiger partial charge in [0.25, 0.3) is 0 Å². The number of allylic oxidation sites excluding steroid dienone is 1. The van der Waals surface area contributed by atoms with Gasteiger partial charge in [-0.15, -0.1) is 13.2 Å². The Balaban J connectivity index is 1.51. The van der Waals surface area contributed by atoms with Crippen LogP contribution in [0.1, 0.15) is 89.9 Å². The molecule has 0 aromatic rings. The van der Waals surface area contributed by atoms with Crippen molar-refractivity contribution in [2.75, 3.05) is 6.61 Å². The smallest absolute Gasteiger partial charge is 0.0575 e. The summed E-state index contributed by atoms with van der Waals surface area (Å²) in [5, 5.41) is 0. The number of rotatable bonds is 11. The van der Waals surface area contributed by atoms with Crippen LogP contribution in [0.15, 0.2) is 25.3 Å². The van der Waals surface area contributed by atoms with Gasteiger partial charge in [-0.1, -0.05) is 57.1 Å².